The minimum atomic E-state index is 0.724. The summed E-state index contributed by atoms with van der Waals surface area (Å²) in [6.07, 6.45) is 3.95. The number of thiazole rings is 1. The molecule has 96 valence electrons. The lowest BCUT2D eigenvalue weighted by Gasteiger charge is -2.05. The fourth-order valence-corrected chi connectivity index (χ4v) is 3.03. The molecule has 3 aromatic rings. The van der Waals surface area contributed by atoms with Crippen LogP contribution in [0.5, 0.6) is 0 Å². The van der Waals surface area contributed by atoms with E-state index in [1.165, 1.54) is 10.3 Å². The van der Waals surface area contributed by atoms with Gasteiger partial charge in [-0.25, -0.2) is 4.98 Å². The molecular formula is C15H14N2OS. The van der Waals surface area contributed by atoms with E-state index in [0.717, 1.165) is 36.0 Å². The molecule has 0 amide bonds. The van der Waals surface area contributed by atoms with Crippen molar-refractivity contribution < 1.29 is 4.79 Å². The molecule has 2 heterocycles. The van der Waals surface area contributed by atoms with Crippen LogP contribution in [0.3, 0.4) is 0 Å². The summed E-state index contributed by atoms with van der Waals surface area (Å²) in [6.45, 7) is 2.96. The number of nitrogens with zero attached hydrogens (tertiary/aromatic N) is 2. The average molecular weight is 270 g/mol. The van der Waals surface area contributed by atoms with Crippen molar-refractivity contribution in [2.24, 2.45) is 0 Å². The third-order valence-electron chi connectivity index (χ3n) is 3.36. The maximum Gasteiger partial charge on any atom is 0.150 e. The van der Waals surface area contributed by atoms with Crippen LogP contribution in [0.25, 0.3) is 10.9 Å². The number of rotatable bonds is 4. The Balaban J connectivity index is 1.88. The van der Waals surface area contributed by atoms with E-state index < -0.39 is 0 Å². The number of hydrogen-bond acceptors (Lipinski definition) is 3. The summed E-state index contributed by atoms with van der Waals surface area (Å²) in [5.74, 6) is 0. The molecule has 0 aliphatic heterocycles. The number of benzene rings is 1. The van der Waals surface area contributed by atoms with Crippen LogP contribution in [0.4, 0.5) is 0 Å². The van der Waals surface area contributed by atoms with Crippen LogP contribution in [0.2, 0.25) is 0 Å². The van der Waals surface area contributed by atoms with E-state index in [4.69, 9.17) is 0 Å². The molecule has 0 aliphatic carbocycles. The maximum atomic E-state index is 10.9. The summed E-state index contributed by atoms with van der Waals surface area (Å²) in [5.41, 5.74) is 4.85. The molecule has 3 rings (SSSR count). The smallest absolute Gasteiger partial charge is 0.150 e. The summed E-state index contributed by atoms with van der Waals surface area (Å²) < 4.78 is 2.20. The highest BCUT2D eigenvalue weighted by atomic mass is 32.1. The number of carbonyl (C=O) groups excluding carboxylic acids is 1. The van der Waals surface area contributed by atoms with Crippen molar-refractivity contribution in [1.29, 1.82) is 0 Å². The van der Waals surface area contributed by atoms with E-state index in [-0.39, 0.29) is 0 Å². The van der Waals surface area contributed by atoms with Crippen molar-refractivity contribution in [3.8, 4) is 0 Å². The van der Waals surface area contributed by atoms with Gasteiger partial charge in [-0.3, -0.25) is 4.79 Å². The fourth-order valence-electron chi connectivity index (χ4n) is 2.26. The second-order valence-electron chi connectivity index (χ2n) is 4.56. The van der Waals surface area contributed by atoms with E-state index >= 15 is 0 Å². The highest BCUT2D eigenvalue weighted by Crippen LogP contribution is 2.19. The summed E-state index contributed by atoms with van der Waals surface area (Å²) in [5, 5.41) is 1.17. The zero-order valence-corrected chi connectivity index (χ0v) is 11.5. The monoisotopic (exact) mass is 270 g/mol. The number of aromatic nitrogens is 2. The first kappa shape index (κ1) is 12.1. The van der Waals surface area contributed by atoms with Crippen molar-refractivity contribution in [2.75, 3.05) is 0 Å². The lowest BCUT2D eigenvalue weighted by atomic mass is 10.2. The Morgan fingerprint density at radius 2 is 2.26 bits per heavy atom. The quantitative estimate of drug-likeness (QED) is 0.680. The van der Waals surface area contributed by atoms with Crippen LogP contribution in [0.1, 0.15) is 20.9 Å². The Morgan fingerprint density at radius 1 is 1.37 bits per heavy atom. The van der Waals surface area contributed by atoms with Gasteiger partial charge in [-0.1, -0.05) is 12.1 Å². The fraction of sp³-hybridized carbons (Fsp3) is 0.200. The Kier molecular flexibility index (Phi) is 3.17. The lowest BCUT2D eigenvalue weighted by molar-refractivity contribution is 0.112. The van der Waals surface area contributed by atoms with E-state index in [2.05, 4.69) is 21.8 Å². The molecule has 19 heavy (non-hydrogen) atoms. The molecule has 0 atom stereocenters. The molecule has 0 radical (unpaired) electrons. The predicted octanol–water partition coefficient (Wildman–Crippen LogP) is 3.46. The van der Waals surface area contributed by atoms with Gasteiger partial charge in [-0.15, -0.1) is 11.3 Å². The molecule has 4 heteroatoms. The number of hydrogen-bond donors (Lipinski definition) is 0. The Hall–Kier alpha value is -1.94. The van der Waals surface area contributed by atoms with Gasteiger partial charge in [-0.2, -0.15) is 0 Å². The van der Waals surface area contributed by atoms with Crippen molar-refractivity contribution in [3.05, 3.63) is 52.1 Å². The van der Waals surface area contributed by atoms with Gasteiger partial charge in [0.25, 0.3) is 0 Å². The maximum absolute atomic E-state index is 10.9. The zero-order chi connectivity index (χ0) is 13.2. The summed E-state index contributed by atoms with van der Waals surface area (Å²) >= 11 is 1.70. The molecule has 2 aromatic heterocycles. The molecule has 3 nitrogen and oxygen atoms in total. The molecule has 0 bridgehead atoms. The van der Waals surface area contributed by atoms with Crippen molar-refractivity contribution in [3.63, 3.8) is 0 Å². The highest BCUT2D eigenvalue weighted by Gasteiger charge is 2.05. The molecule has 0 saturated carbocycles. The number of fused-ring (bicyclic) bond motifs is 1. The molecule has 0 saturated heterocycles. The predicted molar refractivity (Wildman–Crippen MR) is 77.9 cm³/mol. The van der Waals surface area contributed by atoms with Crippen LogP contribution in [0, 0.1) is 6.92 Å². The highest BCUT2D eigenvalue weighted by molar-refractivity contribution is 7.09. The van der Waals surface area contributed by atoms with Crippen LogP contribution < -0.4 is 0 Å². The van der Waals surface area contributed by atoms with Crippen molar-refractivity contribution in [2.45, 2.75) is 19.9 Å². The minimum Gasteiger partial charge on any atom is -0.347 e. The van der Waals surface area contributed by atoms with Gasteiger partial charge in [0.1, 0.15) is 6.29 Å². The Bertz CT molecular complexity index is 727. The van der Waals surface area contributed by atoms with Gasteiger partial charge in [0.05, 0.1) is 11.2 Å². The first-order chi connectivity index (χ1) is 9.28. The summed E-state index contributed by atoms with van der Waals surface area (Å²) in [4.78, 5) is 16.5. The number of carbonyl (C=O) groups is 1. The standard InChI is InChI=1S/C15H14N2OS/c1-11-15(19-10-16-11)5-7-17-6-4-13-3-2-12(9-18)8-14(13)17/h2-4,6,8-10H,5,7H2,1H3. The third kappa shape index (κ3) is 2.31. The van der Waals surface area contributed by atoms with Gasteiger partial charge in [-0.05, 0) is 24.4 Å². The Morgan fingerprint density at radius 3 is 3.00 bits per heavy atom. The molecule has 0 fully saturated rings. The minimum absolute atomic E-state index is 0.724. The lowest BCUT2D eigenvalue weighted by Crippen LogP contribution is -1.99. The van der Waals surface area contributed by atoms with Gasteiger partial charge in [0, 0.05) is 35.1 Å². The largest absolute Gasteiger partial charge is 0.347 e. The van der Waals surface area contributed by atoms with Crippen molar-refractivity contribution >= 4 is 28.5 Å². The summed E-state index contributed by atoms with van der Waals surface area (Å²) in [7, 11) is 0. The zero-order valence-electron chi connectivity index (χ0n) is 10.7. The van der Waals surface area contributed by atoms with E-state index in [1.54, 1.807) is 11.3 Å². The van der Waals surface area contributed by atoms with E-state index in [1.807, 2.05) is 30.6 Å². The first-order valence-corrected chi connectivity index (χ1v) is 7.09. The third-order valence-corrected chi connectivity index (χ3v) is 4.35. The second-order valence-corrected chi connectivity index (χ2v) is 5.50. The normalized spacial score (nSPS) is 11.0. The van der Waals surface area contributed by atoms with Crippen LogP contribution in [-0.2, 0) is 13.0 Å². The second kappa shape index (κ2) is 4.97. The number of aryl methyl sites for hydroxylation is 3. The first-order valence-electron chi connectivity index (χ1n) is 6.21. The van der Waals surface area contributed by atoms with Gasteiger partial charge in [0.2, 0.25) is 0 Å². The molecule has 0 unspecified atom stereocenters. The molecule has 0 spiro atoms. The topological polar surface area (TPSA) is 34.9 Å². The van der Waals surface area contributed by atoms with E-state index in [9.17, 15) is 4.79 Å². The molecular weight excluding hydrogens is 256 g/mol. The van der Waals surface area contributed by atoms with Gasteiger partial charge >= 0.3 is 0 Å². The van der Waals surface area contributed by atoms with Crippen LogP contribution >= 0.6 is 11.3 Å². The van der Waals surface area contributed by atoms with E-state index in [0.29, 0.717) is 0 Å². The van der Waals surface area contributed by atoms with Gasteiger partial charge in [0.15, 0.2) is 0 Å². The molecule has 0 N–H and O–H groups in total. The number of aldehydes is 1. The van der Waals surface area contributed by atoms with Gasteiger partial charge < -0.3 is 4.57 Å². The summed E-state index contributed by atoms with van der Waals surface area (Å²) in [6, 6.07) is 7.88. The average Bonchev–Trinajstić information content (AvgIpc) is 3.02. The molecule has 1 aromatic carbocycles. The SMILES string of the molecule is Cc1ncsc1CCn1ccc2ccc(C=O)cc21. The Labute approximate surface area is 115 Å². The van der Waals surface area contributed by atoms with Crippen LogP contribution in [-0.4, -0.2) is 15.8 Å². The molecule has 0 aliphatic rings. The van der Waals surface area contributed by atoms with Crippen LogP contribution in [0.15, 0.2) is 36.0 Å². The van der Waals surface area contributed by atoms with Crippen molar-refractivity contribution in [1.82, 2.24) is 9.55 Å².